The maximum atomic E-state index is 13.2. The summed E-state index contributed by atoms with van der Waals surface area (Å²) in [4.78, 5) is 15.7. The van der Waals surface area contributed by atoms with E-state index in [0.29, 0.717) is 0 Å². The lowest BCUT2D eigenvalue weighted by Crippen LogP contribution is -2.49. The Hall–Kier alpha value is -2.91. The zero-order chi connectivity index (χ0) is 22.0. The van der Waals surface area contributed by atoms with Crippen molar-refractivity contribution in [1.29, 1.82) is 0 Å². The van der Waals surface area contributed by atoms with Crippen molar-refractivity contribution in [3.8, 4) is 0 Å². The zero-order valence-corrected chi connectivity index (χ0v) is 18.7. The van der Waals surface area contributed by atoms with Gasteiger partial charge in [-0.05, 0) is 72.4 Å². The van der Waals surface area contributed by atoms with Crippen LogP contribution in [0.4, 0.5) is 0 Å². The molecule has 1 unspecified atom stereocenters. The lowest BCUT2D eigenvalue weighted by atomic mass is 9.64. The highest BCUT2D eigenvalue weighted by Gasteiger charge is 2.49. The first-order valence-corrected chi connectivity index (χ1v) is 11.9. The molecule has 1 amide bonds. The van der Waals surface area contributed by atoms with Crippen LogP contribution in [-0.4, -0.2) is 30.4 Å². The molecule has 1 heterocycles. The summed E-state index contributed by atoms with van der Waals surface area (Å²) in [5.74, 6) is -0.0924. The van der Waals surface area contributed by atoms with E-state index in [2.05, 4.69) is 47.4 Å². The number of nitrogens with zero attached hydrogens (tertiary/aromatic N) is 1. The Kier molecular flexibility index (Phi) is 5.84. The molecule has 32 heavy (non-hydrogen) atoms. The summed E-state index contributed by atoms with van der Waals surface area (Å²) in [6, 6.07) is 27.3. The molecule has 3 aromatic carbocycles. The SMILES string of the molecule is NC(=O)C(c1ccccc1)(c1ccccc1)C1CCN(CCc2ccc3c(c2)CCC3)C1. The minimum atomic E-state index is -0.801. The molecule has 1 aliphatic heterocycles. The van der Waals surface area contributed by atoms with Crippen molar-refractivity contribution in [3.63, 3.8) is 0 Å². The van der Waals surface area contributed by atoms with E-state index in [1.165, 1.54) is 30.4 Å². The van der Waals surface area contributed by atoms with Gasteiger partial charge < -0.3 is 10.6 Å². The van der Waals surface area contributed by atoms with Gasteiger partial charge in [0.2, 0.25) is 5.91 Å². The Labute approximate surface area is 191 Å². The highest BCUT2D eigenvalue weighted by Crippen LogP contribution is 2.43. The van der Waals surface area contributed by atoms with Crippen LogP contribution < -0.4 is 5.73 Å². The number of likely N-dealkylation sites (tertiary alicyclic amines) is 1. The predicted molar refractivity (Wildman–Crippen MR) is 130 cm³/mol. The topological polar surface area (TPSA) is 46.3 Å². The molecule has 3 heteroatoms. The third-order valence-corrected chi connectivity index (χ3v) is 7.61. The molecule has 1 saturated heterocycles. The Balaban J connectivity index is 1.38. The van der Waals surface area contributed by atoms with Crippen molar-refractivity contribution in [3.05, 3.63) is 107 Å². The number of nitrogens with two attached hydrogens (primary N) is 1. The van der Waals surface area contributed by atoms with Crippen molar-refractivity contribution in [2.75, 3.05) is 19.6 Å². The summed E-state index contributed by atoms with van der Waals surface area (Å²) >= 11 is 0. The molecule has 0 bridgehead atoms. The number of amides is 1. The highest BCUT2D eigenvalue weighted by molar-refractivity contribution is 5.91. The van der Waals surface area contributed by atoms with Crippen molar-refractivity contribution >= 4 is 5.91 Å². The van der Waals surface area contributed by atoms with Gasteiger partial charge in [-0.1, -0.05) is 78.9 Å². The average molecular weight is 425 g/mol. The van der Waals surface area contributed by atoms with E-state index in [9.17, 15) is 4.79 Å². The molecular weight excluding hydrogens is 392 g/mol. The largest absolute Gasteiger partial charge is 0.369 e. The summed E-state index contributed by atoms with van der Waals surface area (Å²) in [5, 5.41) is 0. The molecule has 0 radical (unpaired) electrons. The fourth-order valence-electron chi connectivity index (χ4n) is 5.98. The summed E-state index contributed by atoms with van der Waals surface area (Å²) in [6.07, 6.45) is 5.78. The third-order valence-electron chi connectivity index (χ3n) is 7.61. The molecule has 2 N–H and O–H groups in total. The molecule has 1 atom stereocenters. The lowest BCUT2D eigenvalue weighted by Gasteiger charge is -2.37. The number of carbonyl (C=O) groups excluding carboxylic acids is 1. The maximum absolute atomic E-state index is 13.2. The van der Waals surface area contributed by atoms with Crippen LogP contribution in [0.1, 0.15) is 40.7 Å². The van der Waals surface area contributed by atoms with Crippen LogP contribution in [-0.2, 0) is 29.5 Å². The van der Waals surface area contributed by atoms with Crippen molar-refractivity contribution in [2.24, 2.45) is 11.7 Å². The van der Waals surface area contributed by atoms with Crippen molar-refractivity contribution in [1.82, 2.24) is 4.90 Å². The first kappa shape index (κ1) is 21.0. The summed E-state index contributed by atoms with van der Waals surface area (Å²) in [5.41, 5.74) is 11.9. The van der Waals surface area contributed by atoms with E-state index in [0.717, 1.165) is 43.6 Å². The van der Waals surface area contributed by atoms with Gasteiger partial charge in [0.05, 0.1) is 0 Å². The van der Waals surface area contributed by atoms with Crippen LogP contribution in [0, 0.1) is 5.92 Å². The van der Waals surface area contributed by atoms with E-state index in [-0.39, 0.29) is 11.8 Å². The number of carbonyl (C=O) groups is 1. The lowest BCUT2D eigenvalue weighted by molar-refractivity contribution is -0.123. The normalized spacial score (nSPS) is 18.6. The number of fused-ring (bicyclic) bond motifs is 1. The molecule has 0 spiro atoms. The minimum absolute atomic E-state index is 0.157. The van der Waals surface area contributed by atoms with E-state index in [1.807, 2.05) is 36.4 Å². The highest BCUT2D eigenvalue weighted by atomic mass is 16.1. The number of benzene rings is 3. The van der Waals surface area contributed by atoms with Gasteiger partial charge >= 0.3 is 0 Å². The smallest absolute Gasteiger partial charge is 0.232 e. The van der Waals surface area contributed by atoms with Gasteiger partial charge in [-0.25, -0.2) is 0 Å². The van der Waals surface area contributed by atoms with Gasteiger partial charge in [-0.15, -0.1) is 0 Å². The quantitative estimate of drug-likeness (QED) is 0.607. The molecule has 1 fully saturated rings. The van der Waals surface area contributed by atoms with E-state index >= 15 is 0 Å². The first-order valence-electron chi connectivity index (χ1n) is 11.9. The molecule has 0 aromatic heterocycles. The minimum Gasteiger partial charge on any atom is -0.369 e. The Morgan fingerprint density at radius 2 is 1.56 bits per heavy atom. The van der Waals surface area contributed by atoms with Crippen LogP contribution in [0.25, 0.3) is 0 Å². The van der Waals surface area contributed by atoms with Crippen molar-refractivity contribution < 1.29 is 4.79 Å². The summed E-state index contributed by atoms with van der Waals surface area (Å²) in [6.45, 7) is 2.91. The second-order valence-electron chi connectivity index (χ2n) is 9.40. The van der Waals surface area contributed by atoms with Gasteiger partial charge in [-0.3, -0.25) is 4.79 Å². The van der Waals surface area contributed by atoms with Gasteiger partial charge in [0, 0.05) is 13.1 Å². The van der Waals surface area contributed by atoms with Gasteiger partial charge in [-0.2, -0.15) is 0 Å². The van der Waals surface area contributed by atoms with Crippen molar-refractivity contribution in [2.45, 2.75) is 37.5 Å². The molecule has 0 saturated carbocycles. The Morgan fingerprint density at radius 3 is 2.22 bits per heavy atom. The molecule has 2 aliphatic rings. The van der Waals surface area contributed by atoms with E-state index < -0.39 is 5.41 Å². The second-order valence-corrected chi connectivity index (χ2v) is 9.40. The molecule has 3 aromatic rings. The predicted octanol–water partition coefficient (Wildman–Crippen LogP) is 4.51. The first-order chi connectivity index (χ1) is 15.7. The van der Waals surface area contributed by atoms with E-state index in [1.54, 1.807) is 5.56 Å². The Bertz CT molecular complexity index is 1040. The molecule has 3 nitrogen and oxygen atoms in total. The summed E-state index contributed by atoms with van der Waals surface area (Å²) < 4.78 is 0. The van der Waals surface area contributed by atoms with Gasteiger partial charge in [0.15, 0.2) is 0 Å². The fraction of sp³-hybridized carbons (Fsp3) is 0.345. The van der Waals surface area contributed by atoms with Gasteiger partial charge in [0.25, 0.3) is 0 Å². The van der Waals surface area contributed by atoms with Crippen LogP contribution in [0.5, 0.6) is 0 Å². The van der Waals surface area contributed by atoms with E-state index in [4.69, 9.17) is 5.73 Å². The number of hydrogen-bond donors (Lipinski definition) is 1. The zero-order valence-electron chi connectivity index (χ0n) is 18.7. The average Bonchev–Trinajstić information content (AvgIpc) is 3.49. The molecular formula is C29H32N2O. The molecule has 1 aliphatic carbocycles. The third kappa shape index (κ3) is 3.75. The fourth-order valence-corrected chi connectivity index (χ4v) is 5.98. The number of rotatable bonds is 7. The van der Waals surface area contributed by atoms with Crippen LogP contribution in [0.15, 0.2) is 78.9 Å². The number of hydrogen-bond acceptors (Lipinski definition) is 2. The standard InChI is InChI=1S/C29H32N2O/c30-28(32)29(25-10-3-1-4-11-25,26-12-5-2-6-13-26)27-17-19-31(21-27)18-16-22-14-15-23-8-7-9-24(23)20-22/h1-6,10-15,20,27H,7-9,16-19,21H2,(H2,30,32). The molecule has 5 rings (SSSR count). The van der Waals surface area contributed by atoms with Crippen LogP contribution >= 0.6 is 0 Å². The Morgan fingerprint density at radius 1 is 0.906 bits per heavy atom. The van der Waals surface area contributed by atoms with Crippen LogP contribution in [0.3, 0.4) is 0 Å². The number of aryl methyl sites for hydroxylation is 2. The second kappa shape index (κ2) is 8.91. The maximum Gasteiger partial charge on any atom is 0.232 e. The monoisotopic (exact) mass is 424 g/mol. The molecule has 164 valence electrons. The van der Waals surface area contributed by atoms with Gasteiger partial charge in [0.1, 0.15) is 5.41 Å². The summed E-state index contributed by atoms with van der Waals surface area (Å²) in [7, 11) is 0. The van der Waals surface area contributed by atoms with Crippen LogP contribution in [0.2, 0.25) is 0 Å². The number of primary amides is 1.